The van der Waals surface area contributed by atoms with Gasteiger partial charge in [-0.15, -0.1) is 0 Å². The average Bonchev–Trinajstić information content (AvgIpc) is 2.78. The van der Waals surface area contributed by atoms with E-state index in [2.05, 4.69) is 32.9 Å². The number of imidazole rings is 1. The van der Waals surface area contributed by atoms with Gasteiger partial charge in [-0.25, -0.2) is 4.98 Å². The molecule has 2 heterocycles. The van der Waals surface area contributed by atoms with Gasteiger partial charge in [0.15, 0.2) is 0 Å². The van der Waals surface area contributed by atoms with E-state index in [1.807, 2.05) is 43.6 Å². The first kappa shape index (κ1) is 9.90. The summed E-state index contributed by atoms with van der Waals surface area (Å²) in [5.74, 6) is 0.861. The molecule has 0 fully saturated rings. The topological polar surface area (TPSA) is 29.3 Å². The van der Waals surface area contributed by atoms with Crippen molar-refractivity contribution in [3.05, 3.63) is 54.7 Å². The van der Waals surface area contributed by atoms with Gasteiger partial charge in [0.05, 0.1) is 11.2 Å². The second-order valence-corrected chi connectivity index (χ2v) is 3.86. The maximum atomic E-state index is 4.63. The number of hydrogen-bond donors (Lipinski definition) is 1. The average molecular weight is 223 g/mol. The van der Waals surface area contributed by atoms with Crippen molar-refractivity contribution >= 4 is 11.5 Å². The largest absolute Gasteiger partial charge is 0.358 e. The molecule has 3 heteroatoms. The smallest absolute Gasteiger partial charge is 0.207 e. The summed E-state index contributed by atoms with van der Waals surface area (Å²) in [6.45, 7) is 0. The lowest BCUT2D eigenvalue weighted by Gasteiger charge is -1.98. The monoisotopic (exact) mass is 223 g/mol. The lowest BCUT2D eigenvalue weighted by molar-refractivity contribution is 1.14. The van der Waals surface area contributed by atoms with Crippen LogP contribution in [0.2, 0.25) is 0 Å². The number of hydrogen-bond acceptors (Lipinski definition) is 2. The second kappa shape index (κ2) is 3.94. The summed E-state index contributed by atoms with van der Waals surface area (Å²) in [4.78, 5) is 4.63. The number of nitrogens with one attached hydrogen (secondary N) is 1. The van der Waals surface area contributed by atoms with Gasteiger partial charge in [-0.05, 0) is 12.1 Å². The molecule has 0 unspecified atom stereocenters. The van der Waals surface area contributed by atoms with Gasteiger partial charge in [-0.1, -0.05) is 36.4 Å². The molecule has 1 aromatic carbocycles. The zero-order valence-corrected chi connectivity index (χ0v) is 9.59. The highest BCUT2D eigenvalue weighted by Gasteiger charge is 2.10. The third-order valence-corrected chi connectivity index (χ3v) is 2.82. The summed E-state index contributed by atoms with van der Waals surface area (Å²) in [6.07, 6.45) is 2.01. The molecule has 0 aliphatic heterocycles. The molecule has 3 nitrogen and oxygen atoms in total. The van der Waals surface area contributed by atoms with Gasteiger partial charge < -0.3 is 5.32 Å². The third-order valence-electron chi connectivity index (χ3n) is 2.82. The number of fused-ring (bicyclic) bond motifs is 1. The summed E-state index contributed by atoms with van der Waals surface area (Å²) in [7, 11) is 1.89. The van der Waals surface area contributed by atoms with Gasteiger partial charge in [0.2, 0.25) is 5.95 Å². The Bertz CT molecular complexity index is 641. The van der Waals surface area contributed by atoms with E-state index in [4.69, 9.17) is 0 Å². The Morgan fingerprint density at radius 2 is 1.76 bits per heavy atom. The fourth-order valence-corrected chi connectivity index (χ4v) is 2.02. The van der Waals surface area contributed by atoms with Crippen LogP contribution < -0.4 is 5.32 Å². The molecular weight excluding hydrogens is 210 g/mol. The van der Waals surface area contributed by atoms with Crippen LogP contribution in [0.15, 0.2) is 54.7 Å². The van der Waals surface area contributed by atoms with Crippen molar-refractivity contribution in [2.24, 2.45) is 0 Å². The minimum atomic E-state index is 0.861. The standard InChI is InChI=1S/C14H13N3/c1-15-14-16-13(11-7-3-2-4-8-11)12-9-5-6-10-17(12)14/h2-10H,1H3,(H,15,16). The van der Waals surface area contributed by atoms with Crippen LogP contribution in [0.3, 0.4) is 0 Å². The summed E-state index contributed by atoms with van der Waals surface area (Å²) in [6, 6.07) is 16.3. The van der Waals surface area contributed by atoms with Gasteiger partial charge >= 0.3 is 0 Å². The van der Waals surface area contributed by atoms with Crippen molar-refractivity contribution in [2.75, 3.05) is 12.4 Å². The van der Waals surface area contributed by atoms with E-state index in [-0.39, 0.29) is 0 Å². The van der Waals surface area contributed by atoms with E-state index in [0.29, 0.717) is 0 Å². The van der Waals surface area contributed by atoms with Gasteiger partial charge in [-0.3, -0.25) is 4.40 Å². The molecule has 0 saturated heterocycles. The van der Waals surface area contributed by atoms with Crippen LogP contribution in [0.25, 0.3) is 16.8 Å². The van der Waals surface area contributed by atoms with Gasteiger partial charge in [0.1, 0.15) is 0 Å². The van der Waals surface area contributed by atoms with Gasteiger partial charge in [-0.2, -0.15) is 0 Å². The molecule has 0 saturated carbocycles. The number of nitrogens with zero attached hydrogens (tertiary/aromatic N) is 2. The Morgan fingerprint density at radius 3 is 2.53 bits per heavy atom. The molecule has 0 bridgehead atoms. The van der Waals surface area contributed by atoms with Crippen LogP contribution in [0, 0.1) is 0 Å². The summed E-state index contributed by atoms with van der Waals surface area (Å²) in [5, 5.41) is 3.11. The molecular formula is C14H13N3. The second-order valence-electron chi connectivity index (χ2n) is 3.86. The first-order valence-corrected chi connectivity index (χ1v) is 5.60. The number of pyridine rings is 1. The Hall–Kier alpha value is -2.29. The van der Waals surface area contributed by atoms with Crippen LogP contribution >= 0.6 is 0 Å². The van der Waals surface area contributed by atoms with Crippen molar-refractivity contribution in [3.63, 3.8) is 0 Å². The number of rotatable bonds is 2. The number of anilines is 1. The maximum Gasteiger partial charge on any atom is 0.207 e. The molecule has 0 aliphatic rings. The zero-order chi connectivity index (χ0) is 11.7. The van der Waals surface area contributed by atoms with Crippen molar-refractivity contribution in [1.29, 1.82) is 0 Å². The molecule has 0 atom stereocenters. The third kappa shape index (κ3) is 1.56. The Balaban J connectivity index is 2.31. The minimum absolute atomic E-state index is 0.861. The molecule has 0 amide bonds. The summed E-state index contributed by atoms with van der Waals surface area (Å²) in [5.41, 5.74) is 3.26. The molecule has 2 aromatic heterocycles. The molecule has 3 rings (SSSR count). The lowest BCUT2D eigenvalue weighted by Crippen LogP contribution is -1.94. The van der Waals surface area contributed by atoms with Gasteiger partial charge in [0, 0.05) is 18.8 Å². The minimum Gasteiger partial charge on any atom is -0.358 e. The summed E-state index contributed by atoms with van der Waals surface area (Å²) < 4.78 is 2.06. The van der Waals surface area contributed by atoms with E-state index in [9.17, 15) is 0 Å². The van der Waals surface area contributed by atoms with E-state index >= 15 is 0 Å². The van der Waals surface area contributed by atoms with Gasteiger partial charge in [0.25, 0.3) is 0 Å². The Kier molecular flexibility index (Phi) is 2.29. The Morgan fingerprint density at radius 1 is 1.00 bits per heavy atom. The zero-order valence-electron chi connectivity index (χ0n) is 9.59. The van der Waals surface area contributed by atoms with E-state index in [1.165, 1.54) is 0 Å². The van der Waals surface area contributed by atoms with E-state index in [0.717, 1.165) is 22.7 Å². The number of benzene rings is 1. The van der Waals surface area contributed by atoms with Crippen molar-refractivity contribution in [2.45, 2.75) is 0 Å². The number of aromatic nitrogens is 2. The van der Waals surface area contributed by atoms with Crippen LogP contribution in [-0.4, -0.2) is 16.4 Å². The Labute approximate surface area is 99.7 Å². The predicted octanol–water partition coefficient (Wildman–Crippen LogP) is 3.04. The molecule has 0 spiro atoms. The first-order valence-electron chi connectivity index (χ1n) is 5.60. The van der Waals surface area contributed by atoms with Crippen LogP contribution in [0.4, 0.5) is 5.95 Å². The normalized spacial score (nSPS) is 10.6. The van der Waals surface area contributed by atoms with Crippen molar-refractivity contribution in [1.82, 2.24) is 9.38 Å². The first-order chi connectivity index (χ1) is 8.40. The molecule has 0 aliphatic carbocycles. The maximum absolute atomic E-state index is 4.63. The predicted molar refractivity (Wildman–Crippen MR) is 70.2 cm³/mol. The van der Waals surface area contributed by atoms with E-state index < -0.39 is 0 Å². The molecule has 17 heavy (non-hydrogen) atoms. The quantitative estimate of drug-likeness (QED) is 0.723. The van der Waals surface area contributed by atoms with Crippen LogP contribution in [0.1, 0.15) is 0 Å². The fraction of sp³-hybridized carbons (Fsp3) is 0.0714. The van der Waals surface area contributed by atoms with Crippen molar-refractivity contribution in [3.8, 4) is 11.3 Å². The van der Waals surface area contributed by atoms with E-state index in [1.54, 1.807) is 0 Å². The molecule has 84 valence electrons. The molecule has 0 radical (unpaired) electrons. The molecule has 1 N–H and O–H groups in total. The van der Waals surface area contributed by atoms with Crippen LogP contribution in [0.5, 0.6) is 0 Å². The highest BCUT2D eigenvalue weighted by atomic mass is 15.2. The lowest BCUT2D eigenvalue weighted by atomic mass is 10.1. The highest BCUT2D eigenvalue weighted by Crippen LogP contribution is 2.26. The van der Waals surface area contributed by atoms with Crippen LogP contribution in [-0.2, 0) is 0 Å². The van der Waals surface area contributed by atoms with Crippen molar-refractivity contribution < 1.29 is 0 Å². The molecule has 3 aromatic rings. The summed E-state index contributed by atoms with van der Waals surface area (Å²) >= 11 is 0. The SMILES string of the molecule is CNc1nc(-c2ccccc2)c2ccccn12. The fourth-order valence-electron chi connectivity index (χ4n) is 2.02. The highest BCUT2D eigenvalue weighted by molar-refractivity contribution is 5.79.